The lowest BCUT2D eigenvalue weighted by molar-refractivity contribution is 0.0200. The highest BCUT2D eigenvalue weighted by atomic mass is 16.6. The second-order valence-corrected chi connectivity index (χ2v) is 7.96. The summed E-state index contributed by atoms with van der Waals surface area (Å²) in [5, 5.41) is 0. The summed E-state index contributed by atoms with van der Waals surface area (Å²) in [4.78, 5) is 27.7. The molecule has 1 heterocycles. The van der Waals surface area contributed by atoms with Crippen LogP contribution in [0.15, 0.2) is 0 Å². The fourth-order valence-electron chi connectivity index (χ4n) is 2.22. The van der Waals surface area contributed by atoms with Crippen LogP contribution in [0.5, 0.6) is 0 Å². The molecule has 0 aromatic carbocycles. The third kappa shape index (κ3) is 6.54. The summed E-state index contributed by atoms with van der Waals surface area (Å²) in [6, 6.07) is 0. The van der Waals surface area contributed by atoms with E-state index in [9.17, 15) is 9.59 Å². The predicted octanol–water partition coefficient (Wildman–Crippen LogP) is 3.11. The van der Waals surface area contributed by atoms with Crippen LogP contribution in [0.25, 0.3) is 0 Å². The molecule has 0 radical (unpaired) electrons. The van der Waals surface area contributed by atoms with Crippen LogP contribution < -0.4 is 0 Å². The van der Waals surface area contributed by atoms with Crippen molar-refractivity contribution in [3.05, 3.63) is 0 Å². The molecule has 6 heteroatoms. The van der Waals surface area contributed by atoms with Gasteiger partial charge in [-0.2, -0.15) is 0 Å². The van der Waals surface area contributed by atoms with E-state index in [1.807, 2.05) is 48.5 Å². The predicted molar refractivity (Wildman–Crippen MR) is 84.8 cm³/mol. The molecule has 0 aromatic rings. The van der Waals surface area contributed by atoms with Gasteiger partial charge in [0, 0.05) is 26.2 Å². The number of amides is 2. The standard InChI is InChI=1S/C16H30N2O4/c1-12-10-17(13(19)21-15(2,3)4)8-9-18(11-12)14(20)22-16(5,6)7/h12H,8-11H2,1-7H3. The average Bonchev–Trinajstić information content (AvgIpc) is 2.46. The lowest BCUT2D eigenvalue weighted by atomic mass is 10.1. The Morgan fingerprint density at radius 2 is 1.14 bits per heavy atom. The summed E-state index contributed by atoms with van der Waals surface area (Å²) in [6.07, 6.45) is -0.657. The molecule has 1 saturated heterocycles. The number of ether oxygens (including phenoxy) is 2. The topological polar surface area (TPSA) is 59.1 Å². The van der Waals surface area contributed by atoms with Crippen molar-refractivity contribution in [3.8, 4) is 0 Å². The highest BCUT2D eigenvalue weighted by Crippen LogP contribution is 2.17. The lowest BCUT2D eigenvalue weighted by Gasteiger charge is -2.27. The van der Waals surface area contributed by atoms with E-state index in [-0.39, 0.29) is 18.1 Å². The summed E-state index contributed by atoms with van der Waals surface area (Å²) in [7, 11) is 0. The molecule has 0 spiro atoms. The smallest absolute Gasteiger partial charge is 0.410 e. The zero-order valence-electron chi connectivity index (χ0n) is 14.9. The zero-order valence-corrected chi connectivity index (χ0v) is 14.9. The highest BCUT2D eigenvalue weighted by molar-refractivity contribution is 5.70. The van der Waals surface area contributed by atoms with Gasteiger partial charge in [-0.05, 0) is 47.5 Å². The minimum absolute atomic E-state index is 0.169. The van der Waals surface area contributed by atoms with Crippen molar-refractivity contribution in [1.82, 2.24) is 9.80 Å². The number of rotatable bonds is 0. The van der Waals surface area contributed by atoms with Gasteiger partial charge in [0.2, 0.25) is 0 Å². The molecule has 0 atom stereocenters. The molecule has 0 saturated carbocycles. The maximum Gasteiger partial charge on any atom is 0.410 e. The Bertz CT molecular complexity index is 371. The third-order valence-corrected chi connectivity index (χ3v) is 3.01. The zero-order chi connectivity index (χ0) is 17.1. The normalized spacial score (nSPS) is 18.0. The van der Waals surface area contributed by atoms with Crippen LogP contribution in [0.4, 0.5) is 9.59 Å². The molecule has 0 unspecified atom stereocenters. The van der Waals surface area contributed by atoms with Gasteiger partial charge in [-0.1, -0.05) is 6.92 Å². The summed E-state index contributed by atoms with van der Waals surface area (Å²) in [5.74, 6) is 0.169. The second-order valence-electron chi connectivity index (χ2n) is 7.96. The van der Waals surface area contributed by atoms with Gasteiger partial charge in [-0.15, -0.1) is 0 Å². The maximum absolute atomic E-state index is 12.2. The number of hydrogen-bond acceptors (Lipinski definition) is 4. The van der Waals surface area contributed by atoms with E-state index in [0.29, 0.717) is 26.2 Å². The maximum atomic E-state index is 12.2. The van der Waals surface area contributed by atoms with Crippen molar-refractivity contribution < 1.29 is 19.1 Å². The molecular weight excluding hydrogens is 284 g/mol. The van der Waals surface area contributed by atoms with E-state index in [0.717, 1.165) is 0 Å². The van der Waals surface area contributed by atoms with E-state index in [4.69, 9.17) is 9.47 Å². The molecule has 0 aromatic heterocycles. The molecule has 22 heavy (non-hydrogen) atoms. The number of nitrogens with zero attached hydrogens (tertiary/aromatic N) is 2. The van der Waals surface area contributed by atoms with Crippen molar-refractivity contribution in [2.75, 3.05) is 26.2 Å². The van der Waals surface area contributed by atoms with Gasteiger partial charge in [-0.3, -0.25) is 0 Å². The third-order valence-electron chi connectivity index (χ3n) is 3.01. The first kappa shape index (κ1) is 18.6. The van der Waals surface area contributed by atoms with Gasteiger partial charge in [0.1, 0.15) is 11.2 Å². The van der Waals surface area contributed by atoms with Gasteiger partial charge in [0.15, 0.2) is 0 Å². The molecule has 1 aliphatic rings. The van der Waals surface area contributed by atoms with E-state index in [1.165, 1.54) is 0 Å². The van der Waals surface area contributed by atoms with Gasteiger partial charge in [0.25, 0.3) is 0 Å². The Morgan fingerprint density at radius 3 is 1.41 bits per heavy atom. The molecular formula is C16H30N2O4. The summed E-state index contributed by atoms with van der Waals surface area (Å²) >= 11 is 0. The van der Waals surface area contributed by atoms with Crippen LogP contribution in [-0.4, -0.2) is 59.4 Å². The number of hydrogen-bond donors (Lipinski definition) is 0. The fourth-order valence-corrected chi connectivity index (χ4v) is 2.22. The molecule has 128 valence electrons. The first-order valence-corrected chi connectivity index (χ1v) is 7.83. The Labute approximate surface area is 133 Å². The molecule has 1 rings (SSSR count). The van der Waals surface area contributed by atoms with Crippen molar-refractivity contribution in [3.63, 3.8) is 0 Å². The molecule has 1 fully saturated rings. The highest BCUT2D eigenvalue weighted by Gasteiger charge is 2.30. The molecule has 0 bridgehead atoms. The molecule has 0 N–H and O–H groups in total. The minimum atomic E-state index is -0.516. The van der Waals surface area contributed by atoms with Crippen LogP contribution in [0.3, 0.4) is 0 Å². The van der Waals surface area contributed by atoms with Crippen LogP contribution in [0.2, 0.25) is 0 Å². The molecule has 0 aliphatic carbocycles. The molecule has 2 amide bonds. The van der Waals surface area contributed by atoms with Gasteiger partial charge in [0.05, 0.1) is 0 Å². The van der Waals surface area contributed by atoms with Crippen LogP contribution in [0, 0.1) is 5.92 Å². The van der Waals surface area contributed by atoms with Gasteiger partial charge in [-0.25, -0.2) is 9.59 Å². The van der Waals surface area contributed by atoms with Crippen molar-refractivity contribution in [2.45, 2.75) is 59.7 Å². The average molecular weight is 314 g/mol. The minimum Gasteiger partial charge on any atom is -0.444 e. The van der Waals surface area contributed by atoms with E-state index in [1.54, 1.807) is 9.80 Å². The molecule has 1 aliphatic heterocycles. The van der Waals surface area contributed by atoms with Crippen molar-refractivity contribution >= 4 is 12.2 Å². The number of carbonyl (C=O) groups is 2. The fraction of sp³-hybridized carbons (Fsp3) is 0.875. The lowest BCUT2D eigenvalue weighted by Crippen LogP contribution is -2.41. The van der Waals surface area contributed by atoms with Crippen molar-refractivity contribution in [1.29, 1.82) is 0 Å². The summed E-state index contributed by atoms with van der Waals surface area (Å²) in [6.45, 7) is 15.2. The van der Waals surface area contributed by atoms with Crippen LogP contribution in [-0.2, 0) is 9.47 Å². The Hall–Kier alpha value is -1.46. The van der Waals surface area contributed by atoms with Crippen LogP contribution >= 0.6 is 0 Å². The van der Waals surface area contributed by atoms with Gasteiger partial charge < -0.3 is 19.3 Å². The second kappa shape index (κ2) is 6.75. The monoisotopic (exact) mass is 314 g/mol. The SMILES string of the molecule is CC1CN(C(=O)OC(C)(C)C)CCN(C(=O)OC(C)(C)C)C1. The Balaban J connectivity index is 2.66. The Morgan fingerprint density at radius 1 is 0.818 bits per heavy atom. The van der Waals surface area contributed by atoms with E-state index < -0.39 is 11.2 Å². The van der Waals surface area contributed by atoms with Gasteiger partial charge >= 0.3 is 12.2 Å². The first-order valence-electron chi connectivity index (χ1n) is 7.83. The van der Waals surface area contributed by atoms with E-state index in [2.05, 4.69) is 0 Å². The largest absolute Gasteiger partial charge is 0.444 e. The first-order chi connectivity index (χ1) is 9.87. The quantitative estimate of drug-likeness (QED) is 0.689. The Kier molecular flexibility index (Phi) is 5.70. The van der Waals surface area contributed by atoms with Crippen LogP contribution in [0.1, 0.15) is 48.5 Å². The summed E-state index contributed by atoms with van der Waals surface area (Å²) in [5.41, 5.74) is -1.03. The van der Waals surface area contributed by atoms with E-state index >= 15 is 0 Å². The van der Waals surface area contributed by atoms with Crippen molar-refractivity contribution in [2.24, 2.45) is 5.92 Å². The number of carbonyl (C=O) groups excluding carboxylic acids is 2. The molecule has 6 nitrogen and oxygen atoms in total. The summed E-state index contributed by atoms with van der Waals surface area (Å²) < 4.78 is 10.8.